The van der Waals surface area contributed by atoms with Gasteiger partial charge in [-0.05, 0) is 30.2 Å². The number of hydrogen-bond donors (Lipinski definition) is 3. The van der Waals surface area contributed by atoms with Crippen molar-refractivity contribution in [2.45, 2.75) is 30.8 Å². The van der Waals surface area contributed by atoms with Crippen LogP contribution in [-0.4, -0.2) is 32.1 Å². The number of carbonyl (C=O) groups is 1. The predicted molar refractivity (Wildman–Crippen MR) is 95.5 cm³/mol. The molecule has 0 saturated carbocycles. The normalized spacial score (nSPS) is 12.6. The minimum absolute atomic E-state index is 0.0214. The molecule has 2 rings (SSSR count). The summed E-state index contributed by atoms with van der Waals surface area (Å²) in [5, 5.41) is 11.8. The highest BCUT2D eigenvalue weighted by Gasteiger charge is 2.17. The molecule has 0 heterocycles. The monoisotopic (exact) mass is 362 g/mol. The van der Waals surface area contributed by atoms with Gasteiger partial charge >= 0.3 is 0 Å². The Kier molecular flexibility index (Phi) is 6.69. The lowest BCUT2D eigenvalue weighted by Gasteiger charge is -2.14. The second kappa shape index (κ2) is 8.75. The van der Waals surface area contributed by atoms with Crippen LogP contribution in [0.5, 0.6) is 0 Å². The molecule has 0 aromatic heterocycles. The molecule has 1 atom stereocenters. The Morgan fingerprint density at radius 1 is 1.12 bits per heavy atom. The number of aliphatic hydroxyl groups excluding tert-OH is 1. The van der Waals surface area contributed by atoms with Gasteiger partial charge < -0.3 is 10.4 Å². The molecule has 3 N–H and O–H groups in total. The number of rotatable bonds is 8. The first-order chi connectivity index (χ1) is 12.0. The van der Waals surface area contributed by atoms with Crippen molar-refractivity contribution in [3.63, 3.8) is 0 Å². The number of amides is 1. The molecule has 1 amide bonds. The summed E-state index contributed by atoms with van der Waals surface area (Å²) in [5.74, 6) is -0.416. The summed E-state index contributed by atoms with van der Waals surface area (Å²) in [4.78, 5) is 12.2. The van der Waals surface area contributed by atoms with Gasteiger partial charge in [0.1, 0.15) is 0 Å². The van der Waals surface area contributed by atoms with E-state index < -0.39 is 15.9 Å². The molecule has 0 aliphatic rings. The molecule has 7 heteroatoms. The predicted octanol–water partition coefficient (Wildman–Crippen LogP) is 1.67. The van der Waals surface area contributed by atoms with Gasteiger partial charge in [0, 0.05) is 12.1 Å². The summed E-state index contributed by atoms with van der Waals surface area (Å²) in [6.45, 7) is 1.84. The van der Waals surface area contributed by atoms with Gasteiger partial charge in [-0.1, -0.05) is 43.3 Å². The van der Waals surface area contributed by atoms with Crippen LogP contribution in [0, 0.1) is 0 Å². The third-order valence-corrected chi connectivity index (χ3v) is 5.16. The highest BCUT2D eigenvalue weighted by atomic mass is 32.2. The number of sulfonamides is 1. The third-order valence-electron chi connectivity index (χ3n) is 3.76. The fourth-order valence-electron chi connectivity index (χ4n) is 2.21. The Hall–Kier alpha value is -2.22. The number of benzene rings is 2. The van der Waals surface area contributed by atoms with Gasteiger partial charge in [0.25, 0.3) is 5.91 Å². The van der Waals surface area contributed by atoms with Crippen LogP contribution in [-0.2, 0) is 16.6 Å². The van der Waals surface area contributed by atoms with E-state index in [2.05, 4.69) is 10.0 Å². The molecule has 0 aliphatic heterocycles. The molecule has 0 unspecified atom stereocenters. The summed E-state index contributed by atoms with van der Waals surface area (Å²) in [6.07, 6.45) is 0.582. The average molecular weight is 362 g/mol. The topological polar surface area (TPSA) is 95.5 Å². The second-order valence-electron chi connectivity index (χ2n) is 5.60. The first kappa shape index (κ1) is 19.1. The standard InChI is InChI=1S/C18H22N2O4S/c1-2-16(13-21)20-18(22)15-9-6-10-17(11-15)25(23,24)19-12-14-7-4-3-5-8-14/h3-11,16,19,21H,2,12-13H2,1H3,(H,20,22)/t16-/m0/s1. The van der Waals surface area contributed by atoms with Gasteiger partial charge in [0.05, 0.1) is 17.5 Å². The van der Waals surface area contributed by atoms with Crippen molar-refractivity contribution < 1.29 is 18.3 Å². The highest BCUT2D eigenvalue weighted by Crippen LogP contribution is 2.13. The molecule has 0 spiro atoms. The van der Waals surface area contributed by atoms with Crippen LogP contribution < -0.4 is 10.0 Å². The SMILES string of the molecule is CC[C@@H](CO)NC(=O)c1cccc(S(=O)(=O)NCc2ccccc2)c1. The van der Waals surface area contributed by atoms with Crippen molar-refractivity contribution >= 4 is 15.9 Å². The van der Waals surface area contributed by atoms with Crippen LogP contribution in [0.4, 0.5) is 0 Å². The van der Waals surface area contributed by atoms with E-state index in [9.17, 15) is 13.2 Å². The molecule has 0 saturated heterocycles. The van der Waals surface area contributed by atoms with Crippen LogP contribution in [0.25, 0.3) is 0 Å². The Morgan fingerprint density at radius 3 is 2.48 bits per heavy atom. The maximum Gasteiger partial charge on any atom is 0.251 e. The molecule has 134 valence electrons. The van der Waals surface area contributed by atoms with Crippen LogP contribution in [0.2, 0.25) is 0 Å². The van der Waals surface area contributed by atoms with Gasteiger partial charge in [0.2, 0.25) is 10.0 Å². The van der Waals surface area contributed by atoms with E-state index in [4.69, 9.17) is 5.11 Å². The quantitative estimate of drug-likeness (QED) is 0.666. The lowest BCUT2D eigenvalue weighted by molar-refractivity contribution is 0.0914. The molecule has 0 aliphatic carbocycles. The van der Waals surface area contributed by atoms with Gasteiger partial charge in [-0.15, -0.1) is 0 Å². The van der Waals surface area contributed by atoms with Crippen molar-refractivity contribution in [1.82, 2.24) is 10.0 Å². The average Bonchev–Trinajstić information content (AvgIpc) is 2.65. The molecule has 6 nitrogen and oxygen atoms in total. The lowest BCUT2D eigenvalue weighted by Crippen LogP contribution is -2.37. The number of aliphatic hydroxyl groups is 1. The van der Waals surface area contributed by atoms with Crippen molar-refractivity contribution in [3.05, 3.63) is 65.7 Å². The minimum atomic E-state index is -3.73. The van der Waals surface area contributed by atoms with E-state index in [1.165, 1.54) is 24.3 Å². The zero-order chi connectivity index (χ0) is 18.3. The Bertz CT molecular complexity index is 803. The molecule has 0 bridgehead atoms. The van der Waals surface area contributed by atoms with E-state index in [0.29, 0.717) is 6.42 Å². The number of carbonyl (C=O) groups excluding carboxylic acids is 1. The zero-order valence-electron chi connectivity index (χ0n) is 14.0. The molecular weight excluding hydrogens is 340 g/mol. The Morgan fingerprint density at radius 2 is 1.84 bits per heavy atom. The highest BCUT2D eigenvalue weighted by molar-refractivity contribution is 7.89. The van der Waals surface area contributed by atoms with Crippen molar-refractivity contribution in [3.8, 4) is 0 Å². The molecule has 25 heavy (non-hydrogen) atoms. The zero-order valence-corrected chi connectivity index (χ0v) is 14.8. The minimum Gasteiger partial charge on any atom is -0.394 e. The van der Waals surface area contributed by atoms with Crippen LogP contribution >= 0.6 is 0 Å². The van der Waals surface area contributed by atoms with Gasteiger partial charge in [0.15, 0.2) is 0 Å². The van der Waals surface area contributed by atoms with Crippen LogP contribution in [0.3, 0.4) is 0 Å². The second-order valence-corrected chi connectivity index (χ2v) is 7.37. The fraction of sp³-hybridized carbons (Fsp3) is 0.278. The molecule has 0 fully saturated rings. The van der Waals surface area contributed by atoms with Gasteiger partial charge in [-0.2, -0.15) is 0 Å². The van der Waals surface area contributed by atoms with Crippen LogP contribution in [0.1, 0.15) is 29.3 Å². The van der Waals surface area contributed by atoms with Crippen molar-refractivity contribution in [2.24, 2.45) is 0 Å². The smallest absolute Gasteiger partial charge is 0.251 e. The van der Waals surface area contributed by atoms with Crippen LogP contribution in [0.15, 0.2) is 59.5 Å². The van der Waals surface area contributed by atoms with Crippen molar-refractivity contribution in [2.75, 3.05) is 6.61 Å². The Labute approximate surface area is 147 Å². The summed E-state index contributed by atoms with van der Waals surface area (Å²) in [5.41, 5.74) is 1.07. The first-order valence-corrected chi connectivity index (χ1v) is 9.50. The molecule has 2 aromatic rings. The summed E-state index contributed by atoms with van der Waals surface area (Å²) in [7, 11) is -3.73. The molecule has 2 aromatic carbocycles. The first-order valence-electron chi connectivity index (χ1n) is 8.01. The fourth-order valence-corrected chi connectivity index (χ4v) is 3.27. The maximum absolute atomic E-state index is 12.4. The van der Waals surface area contributed by atoms with Crippen molar-refractivity contribution in [1.29, 1.82) is 0 Å². The number of hydrogen-bond acceptors (Lipinski definition) is 4. The van der Waals surface area contributed by atoms with E-state index >= 15 is 0 Å². The Balaban J connectivity index is 2.12. The number of nitrogens with one attached hydrogen (secondary N) is 2. The van der Waals surface area contributed by atoms with E-state index in [1.54, 1.807) is 0 Å². The van der Waals surface area contributed by atoms with Gasteiger partial charge in [-0.3, -0.25) is 4.79 Å². The maximum atomic E-state index is 12.4. The van der Waals surface area contributed by atoms with E-state index in [0.717, 1.165) is 5.56 Å². The summed E-state index contributed by atoms with van der Waals surface area (Å²) < 4.78 is 27.4. The summed E-state index contributed by atoms with van der Waals surface area (Å²) >= 11 is 0. The third kappa shape index (κ3) is 5.38. The molecule has 0 radical (unpaired) electrons. The summed E-state index contributed by atoms with van der Waals surface area (Å²) in [6, 6.07) is 14.6. The van der Waals surface area contributed by atoms with E-state index in [-0.39, 0.29) is 29.7 Å². The van der Waals surface area contributed by atoms with E-state index in [1.807, 2.05) is 37.3 Å². The van der Waals surface area contributed by atoms with Gasteiger partial charge in [-0.25, -0.2) is 13.1 Å². The lowest BCUT2D eigenvalue weighted by atomic mass is 10.2. The largest absolute Gasteiger partial charge is 0.394 e. The molecular formula is C18H22N2O4S.